The van der Waals surface area contributed by atoms with Gasteiger partial charge >= 0.3 is 0 Å². The molecule has 2 N–H and O–H groups in total. The van der Waals surface area contributed by atoms with Crippen LogP contribution >= 0.6 is 11.8 Å². The molecule has 0 atom stereocenters. The monoisotopic (exact) mass is 275 g/mol. The third-order valence-corrected chi connectivity index (χ3v) is 4.20. The van der Waals surface area contributed by atoms with Crippen LogP contribution in [0.5, 0.6) is 0 Å². The molecule has 2 rings (SSSR count). The summed E-state index contributed by atoms with van der Waals surface area (Å²) < 4.78 is 2.03. The number of aromatic nitrogens is 2. The maximum atomic E-state index is 6.12. The smallest absolute Gasteiger partial charge is 0.118 e. The molecule has 0 aliphatic rings. The summed E-state index contributed by atoms with van der Waals surface area (Å²) in [5, 5.41) is 5.60. The lowest BCUT2D eigenvalue weighted by molar-refractivity contribution is 0.556. The van der Waals surface area contributed by atoms with Gasteiger partial charge in [-0.3, -0.25) is 4.68 Å². The summed E-state index contributed by atoms with van der Waals surface area (Å²) in [4.78, 5) is 0. The zero-order valence-corrected chi connectivity index (χ0v) is 12.6. The zero-order valence-electron chi connectivity index (χ0n) is 11.8. The first kappa shape index (κ1) is 14.0. The fourth-order valence-electron chi connectivity index (χ4n) is 2.04. The minimum atomic E-state index is 0.825. The number of nitrogens with two attached hydrogens (primary N) is 1. The van der Waals surface area contributed by atoms with E-state index in [0.717, 1.165) is 35.1 Å². The Hall–Kier alpha value is -1.42. The second-order valence-electron chi connectivity index (χ2n) is 4.81. The van der Waals surface area contributed by atoms with Gasteiger partial charge in [-0.05, 0) is 25.8 Å². The minimum absolute atomic E-state index is 0.825. The van der Waals surface area contributed by atoms with E-state index in [0.29, 0.717) is 0 Å². The Morgan fingerprint density at radius 1 is 1.32 bits per heavy atom. The molecule has 0 bridgehead atoms. The normalized spacial score (nSPS) is 10.9. The molecular formula is C15H21N3S. The van der Waals surface area contributed by atoms with E-state index in [2.05, 4.69) is 43.2 Å². The van der Waals surface area contributed by atoms with Crippen molar-refractivity contribution in [1.82, 2.24) is 9.78 Å². The molecule has 0 amide bonds. The van der Waals surface area contributed by atoms with Gasteiger partial charge in [-0.15, -0.1) is 0 Å². The van der Waals surface area contributed by atoms with Gasteiger partial charge < -0.3 is 5.73 Å². The molecule has 0 saturated carbocycles. The van der Waals surface area contributed by atoms with E-state index in [9.17, 15) is 0 Å². The summed E-state index contributed by atoms with van der Waals surface area (Å²) in [6.07, 6.45) is 1.07. The van der Waals surface area contributed by atoms with E-state index in [1.165, 1.54) is 11.1 Å². The average Bonchev–Trinajstić information content (AvgIpc) is 2.63. The lowest BCUT2D eigenvalue weighted by Gasteiger charge is -2.07. The number of thioether (sulfide) groups is 1. The van der Waals surface area contributed by atoms with Crippen LogP contribution < -0.4 is 5.73 Å². The molecule has 2 aromatic rings. The highest BCUT2D eigenvalue weighted by atomic mass is 32.2. The number of hydrogen-bond donors (Lipinski definition) is 1. The molecule has 102 valence electrons. The standard InChI is InChI=1S/C15H21N3S/c1-4-8-18-15(14(16)12(3)17-18)19-10-13-7-5-6-11(2)9-13/h5-7,9H,4,8,10,16H2,1-3H3. The van der Waals surface area contributed by atoms with E-state index in [4.69, 9.17) is 5.73 Å². The van der Waals surface area contributed by atoms with Gasteiger partial charge in [-0.1, -0.05) is 48.5 Å². The van der Waals surface area contributed by atoms with E-state index in [1.54, 1.807) is 11.8 Å². The number of hydrogen-bond acceptors (Lipinski definition) is 3. The van der Waals surface area contributed by atoms with Crippen molar-refractivity contribution in [1.29, 1.82) is 0 Å². The SMILES string of the molecule is CCCn1nc(C)c(N)c1SCc1cccc(C)c1. The Balaban J connectivity index is 2.14. The summed E-state index contributed by atoms with van der Waals surface area (Å²) in [5.41, 5.74) is 10.5. The molecule has 0 saturated heterocycles. The number of rotatable bonds is 5. The molecule has 0 aliphatic heterocycles. The number of nitrogen functional groups attached to an aromatic ring is 1. The maximum absolute atomic E-state index is 6.12. The highest BCUT2D eigenvalue weighted by molar-refractivity contribution is 7.98. The van der Waals surface area contributed by atoms with Gasteiger partial charge in [0.25, 0.3) is 0 Å². The van der Waals surface area contributed by atoms with Crippen LogP contribution in [0.3, 0.4) is 0 Å². The highest BCUT2D eigenvalue weighted by Crippen LogP contribution is 2.30. The van der Waals surface area contributed by atoms with Crippen molar-refractivity contribution < 1.29 is 0 Å². The Morgan fingerprint density at radius 2 is 2.11 bits per heavy atom. The molecule has 1 aromatic carbocycles. The topological polar surface area (TPSA) is 43.8 Å². The van der Waals surface area contributed by atoms with Crippen molar-refractivity contribution in [2.45, 2.75) is 44.5 Å². The highest BCUT2D eigenvalue weighted by Gasteiger charge is 2.12. The lowest BCUT2D eigenvalue weighted by atomic mass is 10.2. The summed E-state index contributed by atoms with van der Waals surface area (Å²) in [6.45, 7) is 7.17. The van der Waals surface area contributed by atoms with E-state index in [-0.39, 0.29) is 0 Å². The minimum Gasteiger partial charge on any atom is -0.395 e. The van der Waals surface area contributed by atoms with Gasteiger partial charge in [0, 0.05) is 12.3 Å². The Labute approximate surface area is 119 Å². The van der Waals surface area contributed by atoms with Crippen LogP contribution in [0.25, 0.3) is 0 Å². The number of aryl methyl sites for hydroxylation is 3. The van der Waals surface area contributed by atoms with Crippen molar-refractivity contribution in [3.63, 3.8) is 0 Å². The number of nitrogens with zero attached hydrogens (tertiary/aromatic N) is 2. The third kappa shape index (κ3) is 3.32. The fourth-order valence-corrected chi connectivity index (χ4v) is 3.11. The van der Waals surface area contributed by atoms with Crippen LogP contribution in [0.2, 0.25) is 0 Å². The molecule has 0 unspecified atom stereocenters. The van der Waals surface area contributed by atoms with Crippen LogP contribution in [-0.4, -0.2) is 9.78 Å². The van der Waals surface area contributed by atoms with Gasteiger partial charge in [0.1, 0.15) is 5.03 Å². The van der Waals surface area contributed by atoms with Gasteiger partial charge in [0.05, 0.1) is 11.4 Å². The van der Waals surface area contributed by atoms with Crippen molar-refractivity contribution >= 4 is 17.4 Å². The quantitative estimate of drug-likeness (QED) is 0.844. The number of anilines is 1. The molecule has 3 nitrogen and oxygen atoms in total. The molecule has 1 heterocycles. The van der Waals surface area contributed by atoms with Crippen LogP contribution in [0.1, 0.15) is 30.2 Å². The third-order valence-electron chi connectivity index (χ3n) is 3.02. The summed E-state index contributed by atoms with van der Waals surface area (Å²) >= 11 is 1.77. The summed E-state index contributed by atoms with van der Waals surface area (Å²) in [7, 11) is 0. The van der Waals surface area contributed by atoms with Crippen molar-refractivity contribution in [2.24, 2.45) is 0 Å². The van der Waals surface area contributed by atoms with E-state index in [1.807, 2.05) is 11.6 Å². The molecule has 0 aliphatic carbocycles. The lowest BCUT2D eigenvalue weighted by Crippen LogP contribution is -2.01. The fraction of sp³-hybridized carbons (Fsp3) is 0.400. The van der Waals surface area contributed by atoms with Crippen LogP contribution in [-0.2, 0) is 12.3 Å². The Bertz CT molecular complexity index is 561. The Morgan fingerprint density at radius 3 is 2.79 bits per heavy atom. The molecule has 19 heavy (non-hydrogen) atoms. The molecule has 0 spiro atoms. The molecule has 4 heteroatoms. The van der Waals surface area contributed by atoms with Crippen molar-refractivity contribution in [2.75, 3.05) is 5.73 Å². The Kier molecular flexibility index (Phi) is 4.53. The first-order chi connectivity index (χ1) is 9.11. The molecule has 0 fully saturated rings. The van der Waals surface area contributed by atoms with Gasteiger partial charge in [0.2, 0.25) is 0 Å². The second kappa shape index (κ2) is 6.15. The first-order valence-corrected chi connectivity index (χ1v) is 7.61. The second-order valence-corrected chi connectivity index (χ2v) is 5.77. The predicted octanol–water partition coefficient (Wildman–Crippen LogP) is 3.78. The van der Waals surface area contributed by atoms with Gasteiger partial charge in [0.15, 0.2) is 0 Å². The van der Waals surface area contributed by atoms with Crippen LogP contribution in [0.4, 0.5) is 5.69 Å². The van der Waals surface area contributed by atoms with Gasteiger partial charge in [-0.2, -0.15) is 5.10 Å². The molecule has 0 radical (unpaired) electrons. The number of benzene rings is 1. The van der Waals surface area contributed by atoms with Crippen LogP contribution in [0, 0.1) is 13.8 Å². The molecular weight excluding hydrogens is 254 g/mol. The predicted molar refractivity (Wildman–Crippen MR) is 82.4 cm³/mol. The summed E-state index contributed by atoms with van der Waals surface area (Å²) in [5.74, 6) is 0.931. The van der Waals surface area contributed by atoms with Gasteiger partial charge in [-0.25, -0.2) is 0 Å². The largest absolute Gasteiger partial charge is 0.395 e. The van der Waals surface area contributed by atoms with E-state index < -0.39 is 0 Å². The maximum Gasteiger partial charge on any atom is 0.118 e. The average molecular weight is 275 g/mol. The van der Waals surface area contributed by atoms with Crippen molar-refractivity contribution in [3.05, 3.63) is 41.1 Å². The molecule has 1 aromatic heterocycles. The summed E-state index contributed by atoms with van der Waals surface area (Å²) in [6, 6.07) is 8.59. The van der Waals surface area contributed by atoms with E-state index >= 15 is 0 Å². The van der Waals surface area contributed by atoms with Crippen LogP contribution in [0.15, 0.2) is 29.3 Å². The zero-order chi connectivity index (χ0) is 13.8. The first-order valence-electron chi connectivity index (χ1n) is 6.63. The van der Waals surface area contributed by atoms with Crippen molar-refractivity contribution in [3.8, 4) is 0 Å².